The highest BCUT2D eigenvalue weighted by molar-refractivity contribution is 4.66. The number of unbranched alkanes of at least 4 members (excludes halogenated alkanes) is 5. The first-order valence-electron chi connectivity index (χ1n) is 4.88. The van der Waals surface area contributed by atoms with Gasteiger partial charge in [-0.2, -0.15) is 0 Å². The standard InChI is InChI=1S/C11H22/c1-4-5-6-7-8-9-10-11(2)3/h9,11H,1,4-8,10H2,2-3H3. The highest BCUT2D eigenvalue weighted by Gasteiger charge is 1.93. The summed E-state index contributed by atoms with van der Waals surface area (Å²) in [4.78, 5) is 0. The summed E-state index contributed by atoms with van der Waals surface area (Å²) in [5, 5.41) is 0. The van der Waals surface area contributed by atoms with E-state index in [2.05, 4.69) is 27.2 Å². The van der Waals surface area contributed by atoms with Gasteiger partial charge in [0, 0.05) is 0 Å². The minimum atomic E-state index is 0.836. The average Bonchev–Trinajstić information content (AvgIpc) is 1.96. The van der Waals surface area contributed by atoms with Gasteiger partial charge in [0.15, 0.2) is 0 Å². The molecule has 0 aromatic rings. The molecule has 0 N–H and O–H groups in total. The van der Waals surface area contributed by atoms with Crippen molar-refractivity contribution < 1.29 is 0 Å². The van der Waals surface area contributed by atoms with Crippen molar-refractivity contribution in [2.75, 3.05) is 0 Å². The van der Waals surface area contributed by atoms with Gasteiger partial charge in [-0.05, 0) is 18.8 Å². The highest BCUT2D eigenvalue weighted by atomic mass is 14.0. The van der Waals surface area contributed by atoms with Crippen LogP contribution in [0.4, 0.5) is 0 Å². The van der Waals surface area contributed by atoms with Crippen LogP contribution in [-0.4, -0.2) is 0 Å². The lowest BCUT2D eigenvalue weighted by molar-refractivity contribution is 0.596. The first-order chi connectivity index (χ1) is 5.27. The summed E-state index contributed by atoms with van der Waals surface area (Å²) in [5.74, 6) is 0.836. The Kier molecular flexibility index (Phi) is 8.10. The van der Waals surface area contributed by atoms with Crippen LogP contribution in [0.15, 0.2) is 0 Å². The van der Waals surface area contributed by atoms with Gasteiger partial charge in [0.1, 0.15) is 0 Å². The summed E-state index contributed by atoms with van der Waals surface area (Å²) in [7, 11) is 0. The number of hydrogen-bond acceptors (Lipinski definition) is 0. The topological polar surface area (TPSA) is 0 Å². The lowest BCUT2D eigenvalue weighted by Gasteiger charge is -2.02. The van der Waals surface area contributed by atoms with Crippen LogP contribution in [0.25, 0.3) is 0 Å². The van der Waals surface area contributed by atoms with E-state index in [-0.39, 0.29) is 0 Å². The molecule has 0 unspecified atom stereocenters. The summed E-state index contributed by atoms with van der Waals surface area (Å²) in [5.41, 5.74) is 0. The molecule has 0 spiro atoms. The molecular formula is C11H22. The van der Waals surface area contributed by atoms with Gasteiger partial charge in [0.05, 0.1) is 0 Å². The Balaban J connectivity index is 2.80. The fourth-order valence-electron chi connectivity index (χ4n) is 1.09. The second kappa shape index (κ2) is 8.10. The zero-order chi connectivity index (χ0) is 8.53. The molecule has 0 amide bonds. The molecule has 0 bridgehead atoms. The fraction of sp³-hybridized carbons (Fsp3) is 0.818. The number of rotatable bonds is 7. The van der Waals surface area contributed by atoms with Crippen molar-refractivity contribution >= 4 is 0 Å². The van der Waals surface area contributed by atoms with E-state index in [1.165, 1.54) is 32.1 Å². The maximum absolute atomic E-state index is 3.82. The minimum Gasteiger partial charge on any atom is -0.0628 e. The molecule has 0 aliphatic rings. The third-order valence-corrected chi connectivity index (χ3v) is 1.80. The molecule has 0 saturated heterocycles. The van der Waals surface area contributed by atoms with Crippen molar-refractivity contribution in [2.24, 2.45) is 5.92 Å². The first kappa shape index (κ1) is 11.0. The van der Waals surface area contributed by atoms with Crippen molar-refractivity contribution in [2.45, 2.75) is 52.4 Å². The third kappa shape index (κ3) is 10.0. The van der Waals surface area contributed by atoms with Crippen molar-refractivity contribution in [1.82, 2.24) is 0 Å². The molecule has 0 heteroatoms. The summed E-state index contributed by atoms with van der Waals surface area (Å²) in [6.45, 7) is 8.36. The van der Waals surface area contributed by atoms with Gasteiger partial charge in [-0.3, -0.25) is 0 Å². The van der Waals surface area contributed by atoms with Crippen LogP contribution in [0.3, 0.4) is 0 Å². The Labute approximate surface area is 72.4 Å². The second-order valence-corrected chi connectivity index (χ2v) is 3.62. The van der Waals surface area contributed by atoms with Crippen molar-refractivity contribution in [1.29, 1.82) is 0 Å². The molecule has 0 fully saturated rings. The van der Waals surface area contributed by atoms with E-state index < -0.39 is 0 Å². The van der Waals surface area contributed by atoms with E-state index in [1.54, 1.807) is 0 Å². The van der Waals surface area contributed by atoms with Crippen LogP contribution in [-0.2, 0) is 0 Å². The van der Waals surface area contributed by atoms with Gasteiger partial charge in [-0.1, -0.05) is 52.9 Å². The summed E-state index contributed by atoms with van der Waals surface area (Å²) >= 11 is 0. The molecule has 0 rings (SSSR count). The maximum Gasteiger partial charge on any atom is -0.0383 e. The van der Waals surface area contributed by atoms with E-state index in [0.717, 1.165) is 12.3 Å². The van der Waals surface area contributed by atoms with Crippen LogP contribution in [0, 0.1) is 19.3 Å². The first-order valence-corrected chi connectivity index (χ1v) is 4.88. The van der Waals surface area contributed by atoms with Crippen molar-refractivity contribution in [3.8, 4) is 0 Å². The van der Waals surface area contributed by atoms with E-state index in [4.69, 9.17) is 0 Å². The summed E-state index contributed by atoms with van der Waals surface area (Å²) < 4.78 is 0. The normalized spacial score (nSPS) is 10.9. The zero-order valence-electron chi connectivity index (χ0n) is 8.10. The summed E-state index contributed by atoms with van der Waals surface area (Å²) in [6, 6.07) is 0. The Morgan fingerprint density at radius 1 is 1.18 bits per heavy atom. The molecule has 66 valence electrons. The van der Waals surface area contributed by atoms with Gasteiger partial charge in [0.2, 0.25) is 0 Å². The molecule has 0 aromatic heterocycles. The predicted octanol–water partition coefficient (Wildman–Crippen LogP) is 4.02. The molecule has 0 aliphatic heterocycles. The van der Waals surface area contributed by atoms with Crippen LogP contribution >= 0.6 is 0 Å². The Morgan fingerprint density at radius 2 is 1.91 bits per heavy atom. The van der Waals surface area contributed by atoms with E-state index in [1.807, 2.05) is 0 Å². The Hall–Kier alpha value is 0. The molecule has 0 aliphatic carbocycles. The fourth-order valence-corrected chi connectivity index (χ4v) is 1.09. The number of hydrogen-bond donors (Lipinski definition) is 0. The predicted molar refractivity (Wildman–Crippen MR) is 52.2 cm³/mol. The Bertz CT molecular complexity index is 64.4. The Morgan fingerprint density at radius 3 is 2.45 bits per heavy atom. The molecule has 11 heavy (non-hydrogen) atoms. The quantitative estimate of drug-likeness (QED) is 0.486. The van der Waals surface area contributed by atoms with Crippen molar-refractivity contribution in [3.63, 3.8) is 0 Å². The second-order valence-electron chi connectivity index (χ2n) is 3.62. The van der Waals surface area contributed by atoms with Crippen LogP contribution in [0.2, 0.25) is 0 Å². The molecule has 0 saturated carbocycles. The smallest absolute Gasteiger partial charge is 0.0383 e. The molecule has 2 radical (unpaired) electrons. The van der Waals surface area contributed by atoms with E-state index in [0.29, 0.717) is 0 Å². The van der Waals surface area contributed by atoms with Gasteiger partial charge in [0.25, 0.3) is 0 Å². The molecule has 0 nitrogen and oxygen atoms in total. The maximum atomic E-state index is 3.82. The lowest BCUT2D eigenvalue weighted by Crippen LogP contribution is -1.87. The van der Waals surface area contributed by atoms with E-state index >= 15 is 0 Å². The molecule has 0 aromatic carbocycles. The molecule has 0 heterocycles. The van der Waals surface area contributed by atoms with Crippen molar-refractivity contribution in [3.05, 3.63) is 13.3 Å². The largest absolute Gasteiger partial charge is 0.0628 e. The van der Waals surface area contributed by atoms with Crippen LogP contribution in [0.1, 0.15) is 52.4 Å². The van der Waals surface area contributed by atoms with Gasteiger partial charge >= 0.3 is 0 Å². The molecular weight excluding hydrogens is 132 g/mol. The third-order valence-electron chi connectivity index (χ3n) is 1.80. The minimum absolute atomic E-state index is 0.836. The highest BCUT2D eigenvalue weighted by Crippen LogP contribution is 2.09. The lowest BCUT2D eigenvalue weighted by atomic mass is 10.0. The van der Waals surface area contributed by atoms with Gasteiger partial charge in [-0.25, -0.2) is 0 Å². The van der Waals surface area contributed by atoms with Crippen LogP contribution in [0.5, 0.6) is 0 Å². The van der Waals surface area contributed by atoms with Crippen LogP contribution < -0.4 is 0 Å². The summed E-state index contributed by atoms with van der Waals surface area (Å²) in [6.07, 6.45) is 10.1. The van der Waals surface area contributed by atoms with Gasteiger partial charge < -0.3 is 0 Å². The average molecular weight is 154 g/mol. The SMILES string of the molecule is [CH2]CCCCC[CH]CC(C)C. The monoisotopic (exact) mass is 154 g/mol. The zero-order valence-corrected chi connectivity index (χ0v) is 8.10. The molecule has 0 atom stereocenters. The van der Waals surface area contributed by atoms with Gasteiger partial charge in [-0.15, -0.1) is 0 Å². The van der Waals surface area contributed by atoms with E-state index in [9.17, 15) is 0 Å².